The van der Waals surface area contributed by atoms with E-state index in [1.165, 1.54) is 13.0 Å². The second-order valence-electron chi connectivity index (χ2n) is 5.23. The van der Waals surface area contributed by atoms with Crippen molar-refractivity contribution in [3.05, 3.63) is 53.6 Å². The van der Waals surface area contributed by atoms with Gasteiger partial charge in [-0.25, -0.2) is 10.2 Å². The third-order valence-electron chi connectivity index (χ3n) is 3.47. The summed E-state index contributed by atoms with van der Waals surface area (Å²) in [5, 5.41) is 2.54. The maximum atomic E-state index is 12.0. The molecule has 0 fully saturated rings. The van der Waals surface area contributed by atoms with Crippen molar-refractivity contribution in [3.8, 4) is 11.5 Å². The SMILES string of the molecule is CC(=O)c1ccc(NC(=O)NNC(=O)c2ccc3c(c2)OCO3)cc1. The third-order valence-corrected chi connectivity index (χ3v) is 3.47. The van der Waals surface area contributed by atoms with E-state index >= 15 is 0 Å². The van der Waals surface area contributed by atoms with Gasteiger partial charge in [-0.05, 0) is 49.4 Å². The van der Waals surface area contributed by atoms with Crippen LogP contribution in [0.4, 0.5) is 10.5 Å². The number of rotatable bonds is 3. The quantitative estimate of drug-likeness (QED) is 0.585. The lowest BCUT2D eigenvalue weighted by Gasteiger charge is -2.09. The predicted molar refractivity (Wildman–Crippen MR) is 88.6 cm³/mol. The second kappa shape index (κ2) is 6.91. The molecule has 1 heterocycles. The standard InChI is InChI=1S/C17H15N3O5/c1-10(21)11-2-5-13(6-3-11)18-17(23)20-19-16(22)12-4-7-14-15(8-12)25-9-24-14/h2-8H,9H2,1H3,(H,19,22)(H2,18,20,23). The Bertz CT molecular complexity index is 833. The van der Waals surface area contributed by atoms with E-state index in [2.05, 4.69) is 16.2 Å². The lowest BCUT2D eigenvalue weighted by Crippen LogP contribution is -2.43. The van der Waals surface area contributed by atoms with Crippen molar-refractivity contribution >= 4 is 23.4 Å². The molecule has 2 aromatic rings. The smallest absolute Gasteiger partial charge is 0.337 e. The largest absolute Gasteiger partial charge is 0.454 e. The highest BCUT2D eigenvalue weighted by Crippen LogP contribution is 2.32. The molecule has 0 aromatic heterocycles. The molecule has 25 heavy (non-hydrogen) atoms. The van der Waals surface area contributed by atoms with Crippen LogP contribution in [-0.4, -0.2) is 24.5 Å². The van der Waals surface area contributed by atoms with Gasteiger partial charge in [0.2, 0.25) is 6.79 Å². The van der Waals surface area contributed by atoms with E-state index in [-0.39, 0.29) is 12.6 Å². The number of ketones is 1. The molecule has 0 saturated carbocycles. The Kier molecular flexibility index (Phi) is 4.51. The summed E-state index contributed by atoms with van der Waals surface area (Å²) < 4.78 is 10.4. The Balaban J connectivity index is 1.53. The molecule has 8 heteroatoms. The molecule has 3 amide bonds. The monoisotopic (exact) mass is 341 g/mol. The summed E-state index contributed by atoms with van der Waals surface area (Å²) in [6.07, 6.45) is 0. The topological polar surface area (TPSA) is 106 Å². The lowest BCUT2D eigenvalue weighted by molar-refractivity contribution is 0.0936. The van der Waals surface area contributed by atoms with Crippen LogP contribution in [0, 0.1) is 0 Å². The Morgan fingerprint density at radius 2 is 1.56 bits per heavy atom. The second-order valence-corrected chi connectivity index (χ2v) is 5.23. The van der Waals surface area contributed by atoms with Crippen LogP contribution in [0.15, 0.2) is 42.5 Å². The molecular weight excluding hydrogens is 326 g/mol. The summed E-state index contributed by atoms with van der Waals surface area (Å²) in [6.45, 7) is 1.57. The van der Waals surface area contributed by atoms with Gasteiger partial charge in [-0.3, -0.25) is 15.0 Å². The van der Waals surface area contributed by atoms with Crippen LogP contribution in [0.2, 0.25) is 0 Å². The van der Waals surface area contributed by atoms with Gasteiger partial charge in [0, 0.05) is 16.8 Å². The molecule has 2 aromatic carbocycles. The fourth-order valence-electron chi connectivity index (χ4n) is 2.17. The summed E-state index contributed by atoms with van der Waals surface area (Å²) in [5.41, 5.74) is 5.88. The number of carbonyl (C=O) groups excluding carboxylic acids is 3. The molecule has 1 aliphatic rings. The van der Waals surface area contributed by atoms with E-state index in [1.54, 1.807) is 36.4 Å². The van der Waals surface area contributed by atoms with E-state index in [0.717, 1.165) is 0 Å². The third kappa shape index (κ3) is 3.86. The number of carbonyl (C=O) groups is 3. The minimum absolute atomic E-state index is 0.0630. The van der Waals surface area contributed by atoms with E-state index in [0.29, 0.717) is 28.3 Å². The predicted octanol–water partition coefficient (Wildman–Crippen LogP) is 2.08. The molecule has 3 rings (SSSR count). The normalized spacial score (nSPS) is 11.6. The number of Topliss-reactive ketones (excluding diaryl/α,β-unsaturated/α-hetero) is 1. The van der Waals surface area contributed by atoms with Gasteiger partial charge in [-0.2, -0.15) is 0 Å². The lowest BCUT2D eigenvalue weighted by atomic mass is 10.1. The molecule has 8 nitrogen and oxygen atoms in total. The Labute approximate surface area is 143 Å². The zero-order valence-electron chi connectivity index (χ0n) is 13.3. The van der Waals surface area contributed by atoms with Gasteiger partial charge in [0.05, 0.1) is 0 Å². The number of hydrogen-bond acceptors (Lipinski definition) is 5. The minimum Gasteiger partial charge on any atom is -0.454 e. The first-order valence-corrected chi connectivity index (χ1v) is 7.41. The number of hydrazine groups is 1. The van der Waals surface area contributed by atoms with Crippen molar-refractivity contribution in [1.82, 2.24) is 10.9 Å². The molecule has 1 aliphatic heterocycles. The first-order chi connectivity index (χ1) is 12.0. The number of ether oxygens (including phenoxy) is 2. The van der Waals surface area contributed by atoms with Crippen molar-refractivity contribution in [2.45, 2.75) is 6.92 Å². The molecule has 0 aliphatic carbocycles. The number of nitrogens with one attached hydrogen (secondary N) is 3. The van der Waals surface area contributed by atoms with Crippen molar-refractivity contribution in [2.75, 3.05) is 12.1 Å². The van der Waals surface area contributed by atoms with E-state index in [9.17, 15) is 14.4 Å². The van der Waals surface area contributed by atoms with Crippen LogP contribution in [0.25, 0.3) is 0 Å². The van der Waals surface area contributed by atoms with Gasteiger partial charge < -0.3 is 14.8 Å². The Hall–Kier alpha value is -3.55. The molecule has 0 unspecified atom stereocenters. The number of fused-ring (bicyclic) bond motifs is 1. The van der Waals surface area contributed by atoms with Crippen LogP contribution in [0.5, 0.6) is 11.5 Å². The van der Waals surface area contributed by atoms with Crippen molar-refractivity contribution in [3.63, 3.8) is 0 Å². The average molecular weight is 341 g/mol. The summed E-state index contributed by atoms with van der Waals surface area (Å²) in [7, 11) is 0. The van der Waals surface area contributed by atoms with Crippen LogP contribution in [0.1, 0.15) is 27.6 Å². The number of amides is 3. The van der Waals surface area contributed by atoms with Crippen molar-refractivity contribution < 1.29 is 23.9 Å². The molecule has 0 bridgehead atoms. The highest BCUT2D eigenvalue weighted by Gasteiger charge is 2.16. The number of anilines is 1. The molecule has 3 N–H and O–H groups in total. The van der Waals surface area contributed by atoms with Crippen molar-refractivity contribution in [1.29, 1.82) is 0 Å². The molecule has 0 radical (unpaired) electrons. The Morgan fingerprint density at radius 3 is 2.28 bits per heavy atom. The van der Waals surface area contributed by atoms with Gasteiger partial charge in [0.25, 0.3) is 5.91 Å². The number of benzene rings is 2. The van der Waals surface area contributed by atoms with E-state index in [4.69, 9.17) is 9.47 Å². The zero-order valence-corrected chi connectivity index (χ0v) is 13.3. The maximum absolute atomic E-state index is 12.0. The van der Waals surface area contributed by atoms with Crippen LogP contribution >= 0.6 is 0 Å². The van der Waals surface area contributed by atoms with Gasteiger partial charge in [0.15, 0.2) is 17.3 Å². The Morgan fingerprint density at radius 1 is 0.880 bits per heavy atom. The zero-order chi connectivity index (χ0) is 17.8. The van der Waals surface area contributed by atoms with E-state index < -0.39 is 11.9 Å². The van der Waals surface area contributed by atoms with Gasteiger partial charge in [0.1, 0.15) is 0 Å². The van der Waals surface area contributed by atoms with Gasteiger partial charge >= 0.3 is 6.03 Å². The average Bonchev–Trinajstić information content (AvgIpc) is 3.07. The van der Waals surface area contributed by atoms with Gasteiger partial charge in [-0.1, -0.05) is 0 Å². The summed E-state index contributed by atoms with van der Waals surface area (Å²) >= 11 is 0. The van der Waals surface area contributed by atoms with E-state index in [1.807, 2.05) is 0 Å². The van der Waals surface area contributed by atoms with Gasteiger partial charge in [-0.15, -0.1) is 0 Å². The highest BCUT2D eigenvalue weighted by atomic mass is 16.7. The molecule has 0 atom stereocenters. The molecule has 0 spiro atoms. The summed E-state index contributed by atoms with van der Waals surface area (Å²) in [5.74, 6) is 0.478. The van der Waals surface area contributed by atoms with Crippen molar-refractivity contribution in [2.24, 2.45) is 0 Å². The highest BCUT2D eigenvalue weighted by molar-refractivity contribution is 5.98. The summed E-state index contributed by atoms with van der Waals surface area (Å²) in [6, 6.07) is 10.5. The first kappa shape index (κ1) is 16.3. The molecule has 0 saturated heterocycles. The molecular formula is C17H15N3O5. The van der Waals surface area contributed by atoms with Crippen LogP contribution in [-0.2, 0) is 0 Å². The summed E-state index contributed by atoms with van der Waals surface area (Å²) in [4.78, 5) is 35.0. The number of urea groups is 1. The number of hydrogen-bond donors (Lipinski definition) is 3. The minimum atomic E-state index is -0.621. The first-order valence-electron chi connectivity index (χ1n) is 7.41. The van der Waals surface area contributed by atoms with Crippen LogP contribution in [0.3, 0.4) is 0 Å². The fraction of sp³-hybridized carbons (Fsp3) is 0.118. The molecule has 128 valence electrons. The van der Waals surface area contributed by atoms with Crippen LogP contribution < -0.4 is 25.6 Å². The maximum Gasteiger partial charge on any atom is 0.337 e. The fourth-order valence-corrected chi connectivity index (χ4v) is 2.17.